The molecule has 1 N–H and O–H groups in total. The lowest BCUT2D eigenvalue weighted by molar-refractivity contribution is -0.239. The Hall–Kier alpha value is -0.980. The van der Waals surface area contributed by atoms with Gasteiger partial charge in [-0.2, -0.15) is 15.0 Å². The summed E-state index contributed by atoms with van der Waals surface area (Å²) in [6.45, 7) is 2.87. The third-order valence-electron chi connectivity index (χ3n) is 2.97. The van der Waals surface area contributed by atoms with Gasteiger partial charge < -0.3 is 14.8 Å². The van der Waals surface area contributed by atoms with Crippen LogP contribution in [-0.2, 0) is 16.5 Å². The molecule has 15 heavy (non-hydrogen) atoms. The Kier molecular flexibility index (Phi) is 2.01. The first-order chi connectivity index (χ1) is 7.30. The first-order valence-corrected chi connectivity index (χ1v) is 5.11. The van der Waals surface area contributed by atoms with Crippen molar-refractivity contribution < 1.29 is 9.47 Å². The quantitative estimate of drug-likeness (QED) is 0.660. The molecular weight excluding hydrogens is 196 g/mol. The number of aryl methyl sites for hydroxylation is 1. The lowest BCUT2D eigenvalue weighted by Crippen LogP contribution is -2.63. The van der Waals surface area contributed by atoms with Crippen LogP contribution in [0, 0.1) is 0 Å². The van der Waals surface area contributed by atoms with E-state index in [0.29, 0.717) is 13.2 Å². The van der Waals surface area contributed by atoms with E-state index in [1.54, 1.807) is 11.0 Å². The predicted octanol–water partition coefficient (Wildman–Crippen LogP) is -0.755. The van der Waals surface area contributed by atoms with Crippen molar-refractivity contribution >= 4 is 0 Å². The zero-order chi connectivity index (χ0) is 10.3. The third kappa shape index (κ3) is 1.37. The van der Waals surface area contributed by atoms with E-state index in [1.807, 2.05) is 7.05 Å². The molecule has 2 saturated heterocycles. The van der Waals surface area contributed by atoms with E-state index < -0.39 is 0 Å². The van der Waals surface area contributed by atoms with Crippen LogP contribution in [0.1, 0.15) is 11.7 Å². The Bertz CT molecular complexity index is 361. The van der Waals surface area contributed by atoms with Gasteiger partial charge in [-0.1, -0.05) is 0 Å². The minimum Gasteiger partial charge on any atom is -0.375 e. The number of rotatable bonds is 1. The Morgan fingerprint density at radius 3 is 3.07 bits per heavy atom. The largest absolute Gasteiger partial charge is 0.375 e. The van der Waals surface area contributed by atoms with Crippen molar-refractivity contribution in [3.8, 4) is 0 Å². The van der Waals surface area contributed by atoms with Gasteiger partial charge >= 0.3 is 0 Å². The average Bonchev–Trinajstić information content (AvgIpc) is 2.62. The maximum Gasteiger partial charge on any atom is 0.136 e. The molecule has 1 aromatic heterocycles. The molecule has 2 aliphatic rings. The summed E-state index contributed by atoms with van der Waals surface area (Å²) in [7, 11) is 1.82. The Morgan fingerprint density at radius 2 is 2.47 bits per heavy atom. The van der Waals surface area contributed by atoms with Gasteiger partial charge in [0.15, 0.2) is 0 Å². The van der Waals surface area contributed by atoms with Gasteiger partial charge in [0.25, 0.3) is 0 Å². The second-order valence-electron chi connectivity index (χ2n) is 4.05. The van der Waals surface area contributed by atoms with Gasteiger partial charge in [0.1, 0.15) is 11.3 Å². The summed E-state index contributed by atoms with van der Waals surface area (Å²) >= 11 is 0. The zero-order valence-corrected chi connectivity index (χ0v) is 8.64. The number of nitrogens with zero attached hydrogens (tertiary/aromatic N) is 3. The van der Waals surface area contributed by atoms with Gasteiger partial charge in [0.05, 0.1) is 32.1 Å². The minimum atomic E-state index is -0.214. The molecule has 6 nitrogen and oxygen atoms in total. The van der Waals surface area contributed by atoms with Crippen molar-refractivity contribution in [3.63, 3.8) is 0 Å². The Morgan fingerprint density at radius 1 is 1.60 bits per heavy atom. The molecule has 82 valence electrons. The van der Waals surface area contributed by atoms with E-state index in [9.17, 15) is 0 Å². The van der Waals surface area contributed by atoms with Gasteiger partial charge in [-0.05, 0) is 0 Å². The van der Waals surface area contributed by atoms with Crippen molar-refractivity contribution in [3.05, 3.63) is 11.9 Å². The molecule has 1 atom stereocenters. The predicted molar refractivity (Wildman–Crippen MR) is 51.2 cm³/mol. The van der Waals surface area contributed by atoms with Crippen molar-refractivity contribution in [2.45, 2.75) is 11.6 Å². The van der Waals surface area contributed by atoms with Gasteiger partial charge in [0, 0.05) is 13.6 Å². The fraction of sp³-hybridized carbons (Fsp3) is 0.778. The molecule has 6 heteroatoms. The number of hydrogen-bond acceptors (Lipinski definition) is 5. The lowest BCUT2D eigenvalue weighted by Gasteiger charge is -2.48. The Labute approximate surface area is 87.5 Å². The van der Waals surface area contributed by atoms with Crippen LogP contribution in [-0.4, -0.2) is 47.0 Å². The third-order valence-corrected chi connectivity index (χ3v) is 2.97. The summed E-state index contributed by atoms with van der Waals surface area (Å²) in [5.74, 6) is 0. The molecule has 0 aromatic carbocycles. The van der Waals surface area contributed by atoms with Crippen LogP contribution in [0.4, 0.5) is 0 Å². The number of ether oxygens (including phenoxy) is 2. The molecule has 0 amide bonds. The lowest BCUT2D eigenvalue weighted by atomic mass is 9.88. The van der Waals surface area contributed by atoms with Crippen LogP contribution in [0.3, 0.4) is 0 Å². The van der Waals surface area contributed by atoms with E-state index in [4.69, 9.17) is 9.47 Å². The topological polar surface area (TPSA) is 61.2 Å². The van der Waals surface area contributed by atoms with E-state index in [0.717, 1.165) is 18.8 Å². The highest BCUT2D eigenvalue weighted by molar-refractivity contribution is 5.13. The molecule has 1 aromatic rings. The zero-order valence-electron chi connectivity index (χ0n) is 8.64. The molecule has 2 aliphatic heterocycles. The molecule has 2 fully saturated rings. The highest BCUT2D eigenvalue weighted by atomic mass is 16.6. The molecule has 1 spiro atoms. The normalized spacial score (nSPS) is 29.0. The summed E-state index contributed by atoms with van der Waals surface area (Å²) in [5, 5.41) is 11.8. The van der Waals surface area contributed by atoms with Crippen molar-refractivity contribution in [1.82, 2.24) is 20.3 Å². The summed E-state index contributed by atoms with van der Waals surface area (Å²) in [4.78, 5) is 1.57. The van der Waals surface area contributed by atoms with Crippen LogP contribution >= 0.6 is 0 Å². The molecule has 1 unspecified atom stereocenters. The van der Waals surface area contributed by atoms with E-state index in [1.165, 1.54) is 0 Å². The van der Waals surface area contributed by atoms with Gasteiger partial charge in [-0.3, -0.25) is 0 Å². The number of nitrogens with one attached hydrogen (secondary N) is 1. The highest BCUT2D eigenvalue weighted by Gasteiger charge is 2.50. The smallest absolute Gasteiger partial charge is 0.136 e. The van der Waals surface area contributed by atoms with Gasteiger partial charge in [-0.15, -0.1) is 0 Å². The van der Waals surface area contributed by atoms with Gasteiger partial charge in [-0.25, -0.2) is 0 Å². The van der Waals surface area contributed by atoms with Crippen molar-refractivity contribution in [2.24, 2.45) is 7.05 Å². The number of morpholine rings is 1. The molecule has 0 saturated carbocycles. The Balaban J connectivity index is 1.89. The molecule has 3 heterocycles. The molecule has 3 rings (SSSR count). The second kappa shape index (κ2) is 3.26. The monoisotopic (exact) mass is 210 g/mol. The summed E-state index contributed by atoms with van der Waals surface area (Å²) in [6.07, 6.45) is 1.78. The molecule has 0 bridgehead atoms. The minimum absolute atomic E-state index is 0.105. The van der Waals surface area contributed by atoms with Crippen LogP contribution in [0.25, 0.3) is 0 Å². The molecule has 0 aliphatic carbocycles. The summed E-state index contributed by atoms with van der Waals surface area (Å²) < 4.78 is 11.1. The average molecular weight is 210 g/mol. The van der Waals surface area contributed by atoms with Crippen LogP contribution in [0.15, 0.2) is 6.20 Å². The first-order valence-electron chi connectivity index (χ1n) is 5.11. The number of aromatic nitrogens is 3. The van der Waals surface area contributed by atoms with E-state index in [2.05, 4.69) is 15.5 Å². The van der Waals surface area contributed by atoms with Crippen LogP contribution in [0.5, 0.6) is 0 Å². The molecular formula is C9H14N4O2. The van der Waals surface area contributed by atoms with Crippen LogP contribution in [0.2, 0.25) is 0 Å². The fourth-order valence-corrected chi connectivity index (χ4v) is 2.15. The maximum atomic E-state index is 5.81. The summed E-state index contributed by atoms with van der Waals surface area (Å²) in [6, 6.07) is 0.105. The molecule has 0 radical (unpaired) electrons. The standard InChI is InChI=1S/C9H14N4O2/c1-13-11-4-7(12-13)8-9(5-14-6-9)15-3-2-10-8/h4,8,10H,2-3,5-6H2,1H3. The number of hydrogen-bond donors (Lipinski definition) is 1. The van der Waals surface area contributed by atoms with E-state index >= 15 is 0 Å². The fourth-order valence-electron chi connectivity index (χ4n) is 2.15. The maximum absolute atomic E-state index is 5.81. The SMILES string of the molecule is Cn1ncc(C2NCCOC23COC3)n1. The van der Waals surface area contributed by atoms with Crippen molar-refractivity contribution in [1.29, 1.82) is 0 Å². The highest BCUT2D eigenvalue weighted by Crippen LogP contribution is 2.36. The summed E-state index contributed by atoms with van der Waals surface area (Å²) in [5.41, 5.74) is 0.717. The van der Waals surface area contributed by atoms with E-state index in [-0.39, 0.29) is 11.6 Å². The second-order valence-corrected chi connectivity index (χ2v) is 4.05. The van der Waals surface area contributed by atoms with Crippen molar-refractivity contribution in [2.75, 3.05) is 26.4 Å². The van der Waals surface area contributed by atoms with Gasteiger partial charge in [0.2, 0.25) is 0 Å². The first kappa shape index (κ1) is 9.26. The van der Waals surface area contributed by atoms with Crippen LogP contribution < -0.4 is 5.32 Å².